The molecule has 3 aromatic rings. The van der Waals surface area contributed by atoms with E-state index in [1.807, 2.05) is 19.9 Å². The molecule has 0 aliphatic rings. The Hall–Kier alpha value is -3.59. The second-order valence-corrected chi connectivity index (χ2v) is 7.83. The van der Waals surface area contributed by atoms with Gasteiger partial charge in [-0.1, -0.05) is 12.1 Å². The largest absolute Gasteiger partial charge is 0.451 e. The number of nitrogens with one attached hydrogen (secondary N) is 1. The number of nitrogens with zero attached hydrogens (tertiary/aromatic N) is 3. The molecular formula is C23H24N4O4S. The first-order chi connectivity index (χ1) is 15.4. The molecule has 0 spiro atoms. The average Bonchev–Trinajstić information content (AvgIpc) is 3.20. The number of hydrogen-bond donors (Lipinski definition) is 1. The molecule has 0 unspecified atom stereocenters. The number of aryl methyl sites for hydroxylation is 1. The maximum absolute atomic E-state index is 12.5. The number of pyridine rings is 1. The van der Waals surface area contributed by atoms with Crippen molar-refractivity contribution in [1.82, 2.24) is 14.9 Å². The molecule has 32 heavy (non-hydrogen) atoms. The van der Waals surface area contributed by atoms with Crippen LogP contribution >= 0.6 is 11.3 Å². The fourth-order valence-corrected chi connectivity index (χ4v) is 3.94. The van der Waals surface area contributed by atoms with Gasteiger partial charge < -0.3 is 15.0 Å². The van der Waals surface area contributed by atoms with Gasteiger partial charge in [-0.15, -0.1) is 11.3 Å². The molecule has 3 rings (SSSR count). The summed E-state index contributed by atoms with van der Waals surface area (Å²) in [5, 5.41) is 3.26. The molecule has 0 saturated heterocycles. The summed E-state index contributed by atoms with van der Waals surface area (Å²) in [4.78, 5) is 47.8. The van der Waals surface area contributed by atoms with Crippen LogP contribution in [0.1, 0.15) is 39.6 Å². The maximum atomic E-state index is 12.5. The highest BCUT2D eigenvalue weighted by molar-refractivity contribution is 7.17. The van der Waals surface area contributed by atoms with Crippen LogP contribution in [0.3, 0.4) is 0 Å². The van der Waals surface area contributed by atoms with Crippen molar-refractivity contribution in [3.63, 3.8) is 0 Å². The molecule has 1 N–H and O–H groups in total. The molecule has 0 bridgehead atoms. The third-order valence-electron chi connectivity index (χ3n) is 4.64. The normalized spacial score (nSPS) is 10.5. The lowest BCUT2D eigenvalue weighted by molar-refractivity contribution is -0.119. The van der Waals surface area contributed by atoms with E-state index in [0.717, 1.165) is 0 Å². The Labute approximate surface area is 190 Å². The van der Waals surface area contributed by atoms with E-state index >= 15 is 0 Å². The molecule has 0 aliphatic heterocycles. The number of amides is 2. The van der Waals surface area contributed by atoms with E-state index in [1.54, 1.807) is 54.4 Å². The van der Waals surface area contributed by atoms with Crippen LogP contribution in [0, 0.1) is 6.92 Å². The van der Waals surface area contributed by atoms with Crippen LogP contribution in [0.15, 0.2) is 48.7 Å². The van der Waals surface area contributed by atoms with E-state index in [-0.39, 0.29) is 5.91 Å². The van der Waals surface area contributed by atoms with E-state index in [4.69, 9.17) is 4.74 Å². The van der Waals surface area contributed by atoms with Crippen molar-refractivity contribution >= 4 is 34.8 Å². The summed E-state index contributed by atoms with van der Waals surface area (Å²) in [6, 6.07) is 12.1. The van der Waals surface area contributed by atoms with Gasteiger partial charge >= 0.3 is 5.97 Å². The van der Waals surface area contributed by atoms with Gasteiger partial charge in [0.1, 0.15) is 9.88 Å². The minimum absolute atomic E-state index is 0.109. The van der Waals surface area contributed by atoms with Crippen molar-refractivity contribution in [3.05, 3.63) is 64.8 Å². The highest BCUT2D eigenvalue weighted by Crippen LogP contribution is 2.26. The summed E-state index contributed by atoms with van der Waals surface area (Å²) in [5.41, 5.74) is 2.11. The predicted octanol–water partition coefficient (Wildman–Crippen LogP) is 3.79. The predicted molar refractivity (Wildman–Crippen MR) is 123 cm³/mol. The number of rotatable bonds is 8. The molecule has 0 aliphatic carbocycles. The van der Waals surface area contributed by atoms with Gasteiger partial charge in [-0.05, 0) is 51.1 Å². The first kappa shape index (κ1) is 23.1. The molecular weight excluding hydrogens is 428 g/mol. The summed E-state index contributed by atoms with van der Waals surface area (Å²) < 4.78 is 5.17. The van der Waals surface area contributed by atoms with Crippen LogP contribution in [0.25, 0.3) is 10.7 Å². The number of aromatic nitrogens is 2. The Morgan fingerprint density at radius 1 is 1.09 bits per heavy atom. The summed E-state index contributed by atoms with van der Waals surface area (Å²) in [5.74, 6) is -1.23. The van der Waals surface area contributed by atoms with Gasteiger partial charge in [0.15, 0.2) is 6.61 Å². The first-order valence-corrected chi connectivity index (χ1v) is 11.0. The molecule has 8 nitrogen and oxygen atoms in total. The van der Waals surface area contributed by atoms with Crippen molar-refractivity contribution in [2.24, 2.45) is 0 Å². The third-order valence-corrected chi connectivity index (χ3v) is 5.80. The Morgan fingerprint density at radius 3 is 2.56 bits per heavy atom. The van der Waals surface area contributed by atoms with Crippen molar-refractivity contribution in [2.75, 3.05) is 25.0 Å². The Balaban J connectivity index is 1.60. The van der Waals surface area contributed by atoms with E-state index in [0.29, 0.717) is 45.6 Å². The Morgan fingerprint density at radius 2 is 1.88 bits per heavy atom. The molecule has 1 aromatic carbocycles. The van der Waals surface area contributed by atoms with Crippen LogP contribution in [-0.4, -0.2) is 52.3 Å². The van der Waals surface area contributed by atoms with Gasteiger partial charge in [-0.2, -0.15) is 0 Å². The molecule has 0 saturated carbocycles. The maximum Gasteiger partial charge on any atom is 0.350 e. The molecule has 2 aromatic heterocycles. The molecule has 0 atom stereocenters. The molecule has 166 valence electrons. The first-order valence-electron chi connectivity index (χ1n) is 10.2. The second-order valence-electron chi connectivity index (χ2n) is 6.83. The summed E-state index contributed by atoms with van der Waals surface area (Å²) in [6.45, 7) is 6.26. The van der Waals surface area contributed by atoms with Gasteiger partial charge in [0.05, 0.1) is 11.4 Å². The van der Waals surface area contributed by atoms with E-state index in [1.165, 1.54) is 11.3 Å². The highest BCUT2D eigenvalue weighted by atomic mass is 32.1. The van der Waals surface area contributed by atoms with Gasteiger partial charge in [0.2, 0.25) is 0 Å². The number of thiazole rings is 1. The van der Waals surface area contributed by atoms with Gasteiger partial charge in [-0.25, -0.2) is 9.78 Å². The molecule has 0 fully saturated rings. The van der Waals surface area contributed by atoms with Crippen molar-refractivity contribution in [2.45, 2.75) is 20.8 Å². The number of carbonyl (C=O) groups is 3. The number of carbonyl (C=O) groups excluding carboxylic acids is 3. The smallest absolute Gasteiger partial charge is 0.350 e. The van der Waals surface area contributed by atoms with E-state index in [2.05, 4.69) is 15.3 Å². The topological polar surface area (TPSA) is 101 Å². The zero-order chi connectivity index (χ0) is 23.1. The fraction of sp³-hybridized carbons (Fsp3) is 0.261. The minimum Gasteiger partial charge on any atom is -0.451 e. The van der Waals surface area contributed by atoms with Crippen LogP contribution in [-0.2, 0) is 9.53 Å². The average molecular weight is 453 g/mol. The van der Waals surface area contributed by atoms with E-state index in [9.17, 15) is 14.4 Å². The lowest BCUT2D eigenvalue weighted by atomic mass is 10.1. The number of esters is 1. The lowest BCUT2D eigenvalue weighted by Crippen LogP contribution is -2.30. The summed E-state index contributed by atoms with van der Waals surface area (Å²) in [7, 11) is 0. The van der Waals surface area contributed by atoms with Crippen LogP contribution in [0.5, 0.6) is 0 Å². The lowest BCUT2D eigenvalue weighted by Gasteiger charge is -2.19. The van der Waals surface area contributed by atoms with Gasteiger partial charge in [0.25, 0.3) is 11.8 Å². The number of anilines is 1. The fourth-order valence-electron chi connectivity index (χ4n) is 3.00. The van der Waals surface area contributed by atoms with Crippen molar-refractivity contribution in [1.29, 1.82) is 0 Å². The monoisotopic (exact) mass is 452 g/mol. The highest BCUT2D eigenvalue weighted by Gasteiger charge is 2.19. The van der Waals surface area contributed by atoms with Crippen molar-refractivity contribution < 1.29 is 19.1 Å². The van der Waals surface area contributed by atoms with Gasteiger partial charge in [0, 0.05) is 30.5 Å². The molecule has 2 amide bonds. The van der Waals surface area contributed by atoms with Crippen LogP contribution in [0.4, 0.5) is 5.69 Å². The van der Waals surface area contributed by atoms with Gasteiger partial charge in [-0.3, -0.25) is 14.6 Å². The van der Waals surface area contributed by atoms with E-state index < -0.39 is 18.5 Å². The zero-order valence-electron chi connectivity index (χ0n) is 18.1. The van der Waals surface area contributed by atoms with Crippen molar-refractivity contribution in [3.8, 4) is 10.7 Å². The standard InChI is InChI=1S/C23H24N4O4S/c1-4-27(5-2)22(29)16-9-8-10-17(13-16)26-19(28)14-31-23(30)20-15(3)25-21(32-20)18-11-6-7-12-24-18/h6-13H,4-5,14H2,1-3H3,(H,26,28). The number of hydrogen-bond acceptors (Lipinski definition) is 7. The summed E-state index contributed by atoms with van der Waals surface area (Å²) in [6.07, 6.45) is 1.65. The Bertz CT molecular complexity index is 1110. The minimum atomic E-state index is -0.622. The number of ether oxygens (including phenoxy) is 1. The molecule has 0 radical (unpaired) electrons. The molecule has 9 heteroatoms. The zero-order valence-corrected chi connectivity index (χ0v) is 18.9. The third kappa shape index (κ3) is 5.55. The van der Waals surface area contributed by atoms with Crippen LogP contribution < -0.4 is 5.32 Å². The Kier molecular flexibility index (Phi) is 7.67. The van der Waals surface area contributed by atoms with Crippen LogP contribution in [0.2, 0.25) is 0 Å². The SMILES string of the molecule is CCN(CC)C(=O)c1cccc(NC(=O)COC(=O)c2sc(-c3ccccn3)nc2C)c1. The molecule has 2 heterocycles. The quantitative estimate of drug-likeness (QED) is 0.522. The summed E-state index contributed by atoms with van der Waals surface area (Å²) >= 11 is 1.17. The second kappa shape index (κ2) is 10.6. The number of benzene rings is 1.